The first kappa shape index (κ1) is 16.0. The Balaban J connectivity index is 0. The average molecular weight is 220 g/mol. The molecule has 0 aromatic heterocycles. The molecule has 3 nitrogen and oxygen atoms in total. The third-order valence-corrected chi connectivity index (χ3v) is 2.70. The van der Waals surface area contributed by atoms with Crippen molar-refractivity contribution in [3.05, 3.63) is 0 Å². The van der Waals surface area contributed by atoms with Gasteiger partial charge in [-0.3, -0.25) is 9.59 Å². The van der Waals surface area contributed by atoms with Crippen LogP contribution in [0.5, 0.6) is 0 Å². The van der Waals surface area contributed by atoms with Gasteiger partial charge in [-0.2, -0.15) is 0 Å². The van der Waals surface area contributed by atoms with Gasteiger partial charge in [0.1, 0.15) is 11.7 Å². The third kappa shape index (κ3) is 9.66. The van der Waals surface area contributed by atoms with Crippen molar-refractivity contribution in [2.75, 3.05) is 12.3 Å². The number of ketones is 1. The van der Waals surface area contributed by atoms with Gasteiger partial charge in [-0.05, 0) is 25.7 Å². The molecule has 0 saturated carbocycles. The Morgan fingerprint density at radius 1 is 1.21 bits per heavy atom. The lowest BCUT2D eigenvalue weighted by molar-refractivity contribution is -0.145. The predicted octanol–water partition coefficient (Wildman–Crippen LogP) is 2.39. The Bertz CT molecular complexity index is 153. The molecule has 0 aliphatic rings. The molecule has 0 rings (SSSR count). The molecule has 1 atom stereocenters. The summed E-state index contributed by atoms with van der Waals surface area (Å²) in [4.78, 5) is 20.6. The SMILES string of the molecule is CCC(C(C)=O)C(=O)O.CCPCC. The fraction of sp³-hybridized carbons (Fsp3) is 0.800. The highest BCUT2D eigenvalue weighted by molar-refractivity contribution is 7.37. The van der Waals surface area contributed by atoms with Crippen molar-refractivity contribution in [1.82, 2.24) is 0 Å². The second-order valence-corrected chi connectivity index (χ2v) is 4.78. The van der Waals surface area contributed by atoms with Crippen molar-refractivity contribution >= 4 is 20.3 Å². The highest BCUT2D eigenvalue weighted by Gasteiger charge is 2.19. The van der Waals surface area contributed by atoms with Crippen LogP contribution in [0.1, 0.15) is 34.1 Å². The van der Waals surface area contributed by atoms with Crippen molar-refractivity contribution in [2.24, 2.45) is 5.92 Å². The quantitative estimate of drug-likeness (QED) is 0.571. The lowest BCUT2D eigenvalue weighted by atomic mass is 10.0. The van der Waals surface area contributed by atoms with Gasteiger partial charge in [0, 0.05) is 0 Å². The third-order valence-electron chi connectivity index (χ3n) is 1.70. The molecule has 0 fully saturated rings. The first-order valence-electron chi connectivity index (χ1n) is 4.95. The molecule has 1 N–H and O–H groups in total. The van der Waals surface area contributed by atoms with Crippen molar-refractivity contribution in [2.45, 2.75) is 34.1 Å². The Labute approximate surface area is 88.1 Å². The molecule has 0 spiro atoms. The normalized spacial score (nSPS) is 11.1. The van der Waals surface area contributed by atoms with Crippen LogP contribution in [0, 0.1) is 5.92 Å². The van der Waals surface area contributed by atoms with Crippen molar-refractivity contribution in [1.29, 1.82) is 0 Å². The van der Waals surface area contributed by atoms with Gasteiger partial charge >= 0.3 is 5.97 Å². The lowest BCUT2D eigenvalue weighted by Gasteiger charge is -2.01. The number of hydrogen-bond acceptors (Lipinski definition) is 2. The molecule has 1 unspecified atom stereocenters. The number of carboxylic acids is 1. The van der Waals surface area contributed by atoms with Gasteiger partial charge in [0.15, 0.2) is 0 Å². The number of carbonyl (C=O) groups excluding carboxylic acids is 1. The van der Waals surface area contributed by atoms with Crippen LogP contribution in [0.15, 0.2) is 0 Å². The number of Topliss-reactive ketones (excluding diaryl/α,β-unsaturated/α-hetero) is 1. The highest BCUT2D eigenvalue weighted by Crippen LogP contribution is 2.04. The summed E-state index contributed by atoms with van der Waals surface area (Å²) >= 11 is 0. The molecule has 0 aromatic carbocycles. The van der Waals surface area contributed by atoms with Crippen molar-refractivity contribution in [3.8, 4) is 0 Å². The van der Waals surface area contributed by atoms with E-state index in [-0.39, 0.29) is 5.78 Å². The number of carbonyl (C=O) groups is 2. The number of rotatable bonds is 5. The minimum absolute atomic E-state index is 0.273. The number of carboxylic acid groups (broad SMARTS) is 1. The molecule has 0 heterocycles. The first-order chi connectivity index (χ1) is 6.51. The van der Waals surface area contributed by atoms with Crippen LogP contribution < -0.4 is 0 Å². The Morgan fingerprint density at radius 3 is 1.64 bits per heavy atom. The summed E-state index contributed by atoms with van der Waals surface area (Å²) in [5, 5.41) is 8.32. The van der Waals surface area contributed by atoms with Gasteiger partial charge in [0.2, 0.25) is 0 Å². The molecule has 0 saturated heterocycles. The smallest absolute Gasteiger partial charge is 0.314 e. The van der Waals surface area contributed by atoms with E-state index in [1.807, 2.05) is 0 Å². The molecular formula is C10H21O3P. The lowest BCUT2D eigenvalue weighted by Crippen LogP contribution is -2.19. The van der Waals surface area contributed by atoms with Gasteiger partial charge in [-0.25, -0.2) is 0 Å². The molecule has 0 aliphatic carbocycles. The predicted molar refractivity (Wildman–Crippen MR) is 61.5 cm³/mol. The van der Waals surface area contributed by atoms with Crippen molar-refractivity contribution < 1.29 is 14.7 Å². The first-order valence-corrected chi connectivity index (χ1v) is 6.36. The zero-order chi connectivity index (χ0) is 11.6. The summed E-state index contributed by atoms with van der Waals surface area (Å²) in [6.45, 7) is 7.42. The van der Waals surface area contributed by atoms with E-state index in [2.05, 4.69) is 13.8 Å². The topological polar surface area (TPSA) is 54.4 Å². The fourth-order valence-corrected chi connectivity index (χ4v) is 1.39. The van der Waals surface area contributed by atoms with E-state index in [0.29, 0.717) is 6.42 Å². The summed E-state index contributed by atoms with van der Waals surface area (Å²) in [5.74, 6) is -2.10. The zero-order valence-electron chi connectivity index (χ0n) is 9.46. The molecule has 0 bridgehead atoms. The molecule has 0 aliphatic heterocycles. The summed E-state index contributed by atoms with van der Waals surface area (Å²) in [6, 6.07) is 0. The fourth-order valence-electron chi connectivity index (χ4n) is 0.886. The van der Waals surface area contributed by atoms with E-state index in [9.17, 15) is 9.59 Å². The summed E-state index contributed by atoms with van der Waals surface area (Å²) in [6.07, 6.45) is 3.12. The summed E-state index contributed by atoms with van der Waals surface area (Å²) in [7, 11) is 1.20. The number of hydrogen-bond donors (Lipinski definition) is 1. The Morgan fingerprint density at radius 2 is 1.64 bits per heavy atom. The molecule has 4 heteroatoms. The minimum atomic E-state index is -1.02. The average Bonchev–Trinajstić information content (AvgIpc) is 2.06. The zero-order valence-corrected chi connectivity index (χ0v) is 10.5. The summed E-state index contributed by atoms with van der Waals surface area (Å²) in [5.41, 5.74) is 0. The Kier molecular flexibility index (Phi) is 12.2. The molecule has 0 radical (unpaired) electrons. The molecule has 14 heavy (non-hydrogen) atoms. The van der Waals surface area contributed by atoms with E-state index in [1.165, 1.54) is 27.8 Å². The molecule has 84 valence electrons. The summed E-state index contributed by atoms with van der Waals surface area (Å²) < 4.78 is 0. The van der Waals surface area contributed by atoms with Crippen LogP contribution in [0.2, 0.25) is 0 Å². The van der Waals surface area contributed by atoms with Crippen LogP contribution in [-0.2, 0) is 9.59 Å². The van der Waals surface area contributed by atoms with E-state index in [0.717, 1.165) is 0 Å². The van der Waals surface area contributed by atoms with E-state index in [1.54, 1.807) is 6.92 Å². The van der Waals surface area contributed by atoms with Gasteiger partial charge in [0.25, 0.3) is 0 Å². The van der Waals surface area contributed by atoms with Gasteiger partial charge in [-0.1, -0.05) is 20.8 Å². The van der Waals surface area contributed by atoms with Crippen LogP contribution >= 0.6 is 8.58 Å². The molecule has 0 aromatic rings. The van der Waals surface area contributed by atoms with Crippen LogP contribution in [0.3, 0.4) is 0 Å². The maximum Gasteiger partial charge on any atom is 0.314 e. The van der Waals surface area contributed by atoms with E-state index >= 15 is 0 Å². The van der Waals surface area contributed by atoms with E-state index in [4.69, 9.17) is 5.11 Å². The van der Waals surface area contributed by atoms with Gasteiger partial charge in [0.05, 0.1) is 0 Å². The molecule has 0 amide bonds. The van der Waals surface area contributed by atoms with Crippen molar-refractivity contribution in [3.63, 3.8) is 0 Å². The van der Waals surface area contributed by atoms with E-state index < -0.39 is 11.9 Å². The van der Waals surface area contributed by atoms with Crippen LogP contribution in [-0.4, -0.2) is 29.2 Å². The minimum Gasteiger partial charge on any atom is -0.481 e. The standard InChI is InChI=1S/C6H10O3.C4H11P/c1-3-5(4(2)7)6(8)9;1-3-5-4-2/h5H,3H2,1-2H3,(H,8,9);5H,3-4H2,1-2H3. The molecular weight excluding hydrogens is 199 g/mol. The highest BCUT2D eigenvalue weighted by atomic mass is 31.1. The monoisotopic (exact) mass is 220 g/mol. The van der Waals surface area contributed by atoms with Gasteiger partial charge < -0.3 is 5.11 Å². The number of aliphatic carboxylic acids is 1. The second kappa shape index (κ2) is 10.6. The van der Waals surface area contributed by atoms with Gasteiger partial charge in [-0.15, -0.1) is 8.58 Å². The Hall–Kier alpha value is -0.430. The maximum absolute atomic E-state index is 10.4. The van der Waals surface area contributed by atoms with Crippen LogP contribution in [0.4, 0.5) is 0 Å². The largest absolute Gasteiger partial charge is 0.481 e. The maximum atomic E-state index is 10.4. The second-order valence-electron chi connectivity index (χ2n) is 2.87. The van der Waals surface area contributed by atoms with Crippen LogP contribution in [0.25, 0.3) is 0 Å².